The van der Waals surface area contributed by atoms with Gasteiger partial charge in [-0.1, -0.05) is 24.8 Å². The summed E-state index contributed by atoms with van der Waals surface area (Å²) >= 11 is 0. The lowest BCUT2D eigenvalue weighted by Crippen LogP contribution is -2.11. The van der Waals surface area contributed by atoms with E-state index in [9.17, 15) is 9.59 Å². The summed E-state index contributed by atoms with van der Waals surface area (Å²) in [5.41, 5.74) is 0.475. The summed E-state index contributed by atoms with van der Waals surface area (Å²) in [7, 11) is 0. The van der Waals surface area contributed by atoms with Crippen molar-refractivity contribution in [1.29, 1.82) is 0 Å². The zero-order chi connectivity index (χ0) is 11.3. The van der Waals surface area contributed by atoms with Gasteiger partial charge in [-0.25, -0.2) is 19.4 Å². The van der Waals surface area contributed by atoms with Gasteiger partial charge in [-0.2, -0.15) is 0 Å². The molecule has 0 unspecified atom stereocenters. The molecule has 0 amide bonds. The summed E-state index contributed by atoms with van der Waals surface area (Å²) in [6.07, 6.45) is 0. The minimum atomic E-state index is -0.765. The molecule has 0 aliphatic carbocycles. The van der Waals surface area contributed by atoms with Crippen LogP contribution < -0.4 is 0 Å². The maximum absolute atomic E-state index is 11.2. The predicted molar refractivity (Wildman–Crippen MR) is 52.8 cm³/mol. The quantitative estimate of drug-likeness (QED) is 0.421. The van der Waals surface area contributed by atoms with Crippen LogP contribution in [0.15, 0.2) is 42.5 Å². The molecule has 0 aliphatic rings. The molecule has 0 saturated heterocycles. The van der Waals surface area contributed by atoms with Crippen molar-refractivity contribution in [3.8, 4) is 0 Å². The van der Waals surface area contributed by atoms with Crippen LogP contribution in [0.1, 0.15) is 17.3 Å². The zero-order valence-electron chi connectivity index (χ0n) is 8.23. The molecule has 4 nitrogen and oxygen atoms in total. The van der Waals surface area contributed by atoms with Crippen molar-refractivity contribution < 1.29 is 19.4 Å². The summed E-state index contributed by atoms with van der Waals surface area (Å²) in [6.45, 7) is 4.80. The number of hydrogen-bond acceptors (Lipinski definition) is 4. The molecule has 0 spiro atoms. The molecule has 0 aliphatic heterocycles. The summed E-state index contributed by atoms with van der Waals surface area (Å²) in [5.74, 6) is -1.48. The van der Waals surface area contributed by atoms with Gasteiger partial charge in [0.15, 0.2) is 0 Å². The van der Waals surface area contributed by atoms with Crippen molar-refractivity contribution in [2.45, 2.75) is 6.92 Å². The van der Waals surface area contributed by atoms with E-state index in [1.165, 1.54) is 6.92 Å². The zero-order valence-corrected chi connectivity index (χ0v) is 8.23. The van der Waals surface area contributed by atoms with Crippen LogP contribution in [0.3, 0.4) is 0 Å². The van der Waals surface area contributed by atoms with E-state index in [2.05, 4.69) is 16.4 Å². The normalized spacial score (nSPS) is 9.13. The van der Waals surface area contributed by atoms with Crippen LogP contribution in [-0.2, 0) is 14.6 Å². The molecule has 0 bridgehead atoms. The van der Waals surface area contributed by atoms with Crippen LogP contribution in [0.4, 0.5) is 0 Å². The molecule has 0 heterocycles. The summed E-state index contributed by atoms with van der Waals surface area (Å²) in [5, 5.41) is 0. The van der Waals surface area contributed by atoms with E-state index in [1.807, 2.05) is 0 Å². The van der Waals surface area contributed by atoms with Crippen LogP contribution in [0.5, 0.6) is 0 Å². The molecule has 1 rings (SSSR count). The van der Waals surface area contributed by atoms with E-state index in [0.29, 0.717) is 5.56 Å². The van der Waals surface area contributed by atoms with Gasteiger partial charge in [0, 0.05) is 5.57 Å². The highest BCUT2D eigenvalue weighted by molar-refractivity contribution is 5.91. The van der Waals surface area contributed by atoms with Crippen LogP contribution in [0, 0.1) is 0 Å². The van der Waals surface area contributed by atoms with Crippen molar-refractivity contribution in [2.24, 2.45) is 0 Å². The summed E-state index contributed by atoms with van der Waals surface area (Å²) in [6, 6.07) is 8.22. The third-order valence-corrected chi connectivity index (χ3v) is 1.55. The fourth-order valence-electron chi connectivity index (χ4n) is 0.769. The van der Waals surface area contributed by atoms with E-state index in [-0.39, 0.29) is 5.57 Å². The van der Waals surface area contributed by atoms with E-state index in [4.69, 9.17) is 0 Å². The molecule has 1 aromatic carbocycles. The predicted octanol–water partition coefficient (Wildman–Crippen LogP) is 1.88. The van der Waals surface area contributed by atoms with Crippen LogP contribution in [0.25, 0.3) is 0 Å². The third kappa shape index (κ3) is 3.27. The van der Waals surface area contributed by atoms with Gasteiger partial charge in [-0.3, -0.25) is 0 Å². The molecule has 0 fully saturated rings. The Morgan fingerprint density at radius 2 is 1.73 bits per heavy atom. The number of hydrogen-bond donors (Lipinski definition) is 0. The lowest BCUT2D eigenvalue weighted by atomic mass is 10.2. The molecule has 0 saturated carbocycles. The fourth-order valence-corrected chi connectivity index (χ4v) is 0.769. The maximum Gasteiger partial charge on any atom is 0.386 e. The van der Waals surface area contributed by atoms with Crippen LogP contribution in [0.2, 0.25) is 0 Å². The van der Waals surface area contributed by atoms with Gasteiger partial charge in [0.25, 0.3) is 0 Å². The molecule has 0 aromatic heterocycles. The Bertz CT molecular complexity index is 381. The van der Waals surface area contributed by atoms with Crippen molar-refractivity contribution >= 4 is 11.9 Å². The van der Waals surface area contributed by atoms with Gasteiger partial charge in [-0.15, -0.1) is 0 Å². The second kappa shape index (κ2) is 4.95. The Morgan fingerprint density at radius 1 is 1.13 bits per heavy atom. The van der Waals surface area contributed by atoms with Crippen molar-refractivity contribution in [3.05, 3.63) is 48.0 Å². The molecule has 4 heteroatoms. The number of rotatable bonds is 2. The highest BCUT2D eigenvalue weighted by atomic mass is 17.2. The van der Waals surface area contributed by atoms with Gasteiger partial charge >= 0.3 is 11.9 Å². The molecular formula is C11H10O4. The Hall–Kier alpha value is -2.10. The Kier molecular flexibility index (Phi) is 3.62. The molecular weight excluding hydrogens is 196 g/mol. The van der Waals surface area contributed by atoms with Gasteiger partial charge < -0.3 is 0 Å². The van der Waals surface area contributed by atoms with Gasteiger partial charge in [-0.05, 0) is 19.1 Å². The molecule has 1 aromatic rings. The lowest BCUT2D eigenvalue weighted by molar-refractivity contribution is -0.229. The van der Waals surface area contributed by atoms with Crippen molar-refractivity contribution in [2.75, 3.05) is 0 Å². The molecule has 78 valence electrons. The van der Waals surface area contributed by atoms with Crippen molar-refractivity contribution in [3.63, 3.8) is 0 Å². The fraction of sp³-hybridized carbons (Fsp3) is 0.0909. The van der Waals surface area contributed by atoms with Gasteiger partial charge in [0.2, 0.25) is 0 Å². The maximum atomic E-state index is 11.2. The standard InChI is InChI=1S/C11H10O4/c1-8(2)10(12)14-15-11(13)9-6-4-3-5-7-9/h3-7H,1H2,2H3. The van der Waals surface area contributed by atoms with E-state index >= 15 is 0 Å². The number of carbonyl (C=O) groups is 2. The smallest absolute Gasteiger partial charge is 0.242 e. The van der Waals surface area contributed by atoms with Crippen LogP contribution >= 0.6 is 0 Å². The average molecular weight is 206 g/mol. The second-order valence-corrected chi connectivity index (χ2v) is 2.89. The third-order valence-electron chi connectivity index (χ3n) is 1.55. The van der Waals surface area contributed by atoms with E-state index in [0.717, 1.165) is 0 Å². The first-order valence-corrected chi connectivity index (χ1v) is 4.25. The number of carbonyl (C=O) groups excluding carboxylic acids is 2. The first-order chi connectivity index (χ1) is 7.11. The minimum Gasteiger partial charge on any atom is -0.242 e. The lowest BCUT2D eigenvalue weighted by Gasteiger charge is -2.01. The Morgan fingerprint density at radius 3 is 2.27 bits per heavy atom. The number of benzene rings is 1. The van der Waals surface area contributed by atoms with E-state index in [1.54, 1.807) is 30.3 Å². The average Bonchev–Trinajstić information content (AvgIpc) is 2.26. The van der Waals surface area contributed by atoms with Gasteiger partial charge in [0.1, 0.15) is 0 Å². The Balaban J connectivity index is 2.51. The first kappa shape index (κ1) is 11.0. The highest BCUT2D eigenvalue weighted by Crippen LogP contribution is 2.02. The minimum absolute atomic E-state index is 0.163. The molecule has 0 atom stereocenters. The van der Waals surface area contributed by atoms with Gasteiger partial charge in [0.05, 0.1) is 5.56 Å². The second-order valence-electron chi connectivity index (χ2n) is 2.89. The first-order valence-electron chi connectivity index (χ1n) is 4.25. The highest BCUT2D eigenvalue weighted by Gasteiger charge is 2.11. The topological polar surface area (TPSA) is 52.6 Å². The Labute approximate surface area is 87.0 Å². The van der Waals surface area contributed by atoms with Crippen molar-refractivity contribution in [1.82, 2.24) is 0 Å². The SMILES string of the molecule is C=C(C)C(=O)OOC(=O)c1ccccc1. The van der Waals surface area contributed by atoms with Crippen LogP contribution in [-0.4, -0.2) is 11.9 Å². The summed E-state index contributed by atoms with van der Waals surface area (Å²) in [4.78, 5) is 30.7. The summed E-state index contributed by atoms with van der Waals surface area (Å²) < 4.78 is 0. The molecule has 0 N–H and O–H groups in total. The van der Waals surface area contributed by atoms with E-state index < -0.39 is 11.9 Å². The monoisotopic (exact) mass is 206 g/mol. The molecule has 0 radical (unpaired) electrons. The molecule has 15 heavy (non-hydrogen) atoms. The largest absolute Gasteiger partial charge is 0.386 e.